The molecule has 0 spiro atoms. The van der Waals surface area contributed by atoms with Gasteiger partial charge in [-0.05, 0) is 31.6 Å². The van der Waals surface area contributed by atoms with Crippen LogP contribution in [-0.4, -0.2) is 32.0 Å². The molecule has 2 rings (SSSR count). The van der Waals surface area contributed by atoms with Gasteiger partial charge in [0.1, 0.15) is 0 Å². The van der Waals surface area contributed by atoms with Gasteiger partial charge in [0.15, 0.2) is 0 Å². The Morgan fingerprint density at radius 2 is 1.75 bits per heavy atom. The largest absolute Gasteiger partial charge is 0.391 e. The van der Waals surface area contributed by atoms with E-state index < -0.39 is 12.1 Å². The molecule has 0 amide bonds. The van der Waals surface area contributed by atoms with Gasteiger partial charge in [0, 0.05) is 12.6 Å². The van der Waals surface area contributed by atoms with Crippen molar-refractivity contribution < 1.29 is 17.9 Å². The predicted molar refractivity (Wildman–Crippen MR) is 54.1 cm³/mol. The van der Waals surface area contributed by atoms with Gasteiger partial charge in [0.05, 0.1) is 19.1 Å². The Balaban J connectivity index is 1.80. The molecular weight excluding hydrogens is 219 g/mol. The molecule has 0 aromatic heterocycles. The Morgan fingerprint density at radius 1 is 1.06 bits per heavy atom. The minimum atomic E-state index is -4.00. The fraction of sp³-hybridized carbons (Fsp3) is 1.00. The fourth-order valence-electron chi connectivity index (χ4n) is 2.74. The molecule has 1 aliphatic heterocycles. The highest BCUT2D eigenvalue weighted by molar-refractivity contribution is 4.85. The van der Waals surface area contributed by atoms with E-state index in [9.17, 15) is 13.2 Å². The van der Waals surface area contributed by atoms with E-state index in [1.54, 1.807) is 0 Å². The van der Waals surface area contributed by atoms with Crippen molar-refractivity contribution in [1.29, 1.82) is 0 Å². The van der Waals surface area contributed by atoms with Gasteiger partial charge in [0.2, 0.25) is 0 Å². The molecule has 0 bridgehead atoms. The summed E-state index contributed by atoms with van der Waals surface area (Å²) in [4.78, 5) is 0. The molecule has 2 fully saturated rings. The standard InChI is InChI=1S/C11H18F3NO/c12-11(13,14)9-3-1-8(2-4-9)10-7-16-6-5-15-10/h8-10,15H,1-7H2. The van der Waals surface area contributed by atoms with Gasteiger partial charge >= 0.3 is 6.18 Å². The van der Waals surface area contributed by atoms with Crippen molar-refractivity contribution in [1.82, 2.24) is 5.32 Å². The van der Waals surface area contributed by atoms with E-state index in [-0.39, 0.29) is 18.9 Å². The van der Waals surface area contributed by atoms with Crippen molar-refractivity contribution >= 4 is 0 Å². The van der Waals surface area contributed by atoms with Crippen molar-refractivity contribution in [2.75, 3.05) is 19.8 Å². The van der Waals surface area contributed by atoms with Crippen LogP contribution in [0.4, 0.5) is 13.2 Å². The summed E-state index contributed by atoms with van der Waals surface area (Å²) in [6.45, 7) is 2.19. The molecule has 16 heavy (non-hydrogen) atoms. The van der Waals surface area contributed by atoms with Crippen LogP contribution in [0.1, 0.15) is 25.7 Å². The molecule has 1 heterocycles. The maximum absolute atomic E-state index is 12.5. The second-order valence-electron chi connectivity index (χ2n) is 4.79. The van der Waals surface area contributed by atoms with Gasteiger partial charge in [-0.25, -0.2) is 0 Å². The van der Waals surface area contributed by atoms with Crippen LogP contribution in [0.25, 0.3) is 0 Å². The topological polar surface area (TPSA) is 21.3 Å². The number of ether oxygens (including phenoxy) is 1. The van der Waals surface area contributed by atoms with E-state index in [0.29, 0.717) is 32.0 Å². The SMILES string of the molecule is FC(F)(F)C1CCC(C2COCCN2)CC1. The molecule has 1 N–H and O–H groups in total. The minimum absolute atomic E-state index is 0.267. The van der Waals surface area contributed by atoms with E-state index in [4.69, 9.17) is 4.74 Å². The first-order valence-corrected chi connectivity index (χ1v) is 5.95. The van der Waals surface area contributed by atoms with Crippen LogP contribution in [0.5, 0.6) is 0 Å². The highest BCUT2D eigenvalue weighted by Gasteiger charge is 2.42. The van der Waals surface area contributed by atoms with Gasteiger partial charge in [-0.2, -0.15) is 13.2 Å². The van der Waals surface area contributed by atoms with Crippen molar-refractivity contribution in [2.24, 2.45) is 11.8 Å². The number of hydrogen-bond acceptors (Lipinski definition) is 2. The van der Waals surface area contributed by atoms with Gasteiger partial charge in [-0.3, -0.25) is 0 Å². The molecule has 1 saturated heterocycles. The Kier molecular flexibility index (Phi) is 3.74. The highest BCUT2D eigenvalue weighted by atomic mass is 19.4. The summed E-state index contributed by atoms with van der Waals surface area (Å²) < 4.78 is 42.8. The summed E-state index contributed by atoms with van der Waals surface area (Å²) in [5, 5.41) is 3.34. The Bertz CT molecular complexity index is 218. The molecule has 5 heteroatoms. The third-order valence-electron chi connectivity index (χ3n) is 3.75. The highest BCUT2D eigenvalue weighted by Crippen LogP contribution is 2.40. The van der Waals surface area contributed by atoms with Crippen LogP contribution in [0, 0.1) is 11.8 Å². The van der Waals surface area contributed by atoms with E-state index in [1.165, 1.54) is 0 Å². The number of nitrogens with one attached hydrogen (secondary N) is 1. The summed E-state index contributed by atoms with van der Waals surface area (Å²) in [7, 11) is 0. The molecule has 1 unspecified atom stereocenters. The summed E-state index contributed by atoms with van der Waals surface area (Å²) in [5.41, 5.74) is 0. The third-order valence-corrected chi connectivity index (χ3v) is 3.75. The predicted octanol–water partition coefficient (Wildman–Crippen LogP) is 2.34. The van der Waals surface area contributed by atoms with E-state index in [2.05, 4.69) is 5.32 Å². The first-order chi connectivity index (χ1) is 7.57. The van der Waals surface area contributed by atoms with Crippen molar-refractivity contribution in [3.05, 3.63) is 0 Å². The van der Waals surface area contributed by atoms with E-state index >= 15 is 0 Å². The van der Waals surface area contributed by atoms with Crippen LogP contribution >= 0.6 is 0 Å². The van der Waals surface area contributed by atoms with Crippen LogP contribution in [0.2, 0.25) is 0 Å². The quantitative estimate of drug-likeness (QED) is 0.755. The summed E-state index contributed by atoms with van der Waals surface area (Å²) in [6, 6.07) is 0.267. The average Bonchev–Trinajstić information content (AvgIpc) is 2.29. The van der Waals surface area contributed by atoms with Crippen LogP contribution < -0.4 is 5.32 Å². The second kappa shape index (κ2) is 4.92. The zero-order valence-electron chi connectivity index (χ0n) is 9.22. The first-order valence-electron chi connectivity index (χ1n) is 5.95. The molecule has 1 saturated carbocycles. The Morgan fingerprint density at radius 3 is 2.25 bits per heavy atom. The number of hydrogen-bond donors (Lipinski definition) is 1. The van der Waals surface area contributed by atoms with Crippen molar-refractivity contribution in [2.45, 2.75) is 37.9 Å². The summed E-state index contributed by atoms with van der Waals surface area (Å²) >= 11 is 0. The third kappa shape index (κ3) is 2.88. The smallest absolute Gasteiger partial charge is 0.379 e. The molecule has 0 radical (unpaired) electrons. The molecular formula is C11H18F3NO. The molecule has 0 aromatic rings. The zero-order chi connectivity index (χ0) is 11.6. The number of halogens is 3. The second-order valence-corrected chi connectivity index (χ2v) is 4.79. The van der Waals surface area contributed by atoms with Gasteiger partial charge in [-0.1, -0.05) is 0 Å². The lowest BCUT2D eigenvalue weighted by atomic mass is 9.78. The number of rotatable bonds is 1. The zero-order valence-corrected chi connectivity index (χ0v) is 9.22. The lowest BCUT2D eigenvalue weighted by Crippen LogP contribution is -2.47. The van der Waals surface area contributed by atoms with Crippen LogP contribution in [-0.2, 0) is 4.74 Å². The van der Waals surface area contributed by atoms with Gasteiger partial charge in [-0.15, -0.1) is 0 Å². The lowest BCUT2D eigenvalue weighted by Gasteiger charge is -2.36. The molecule has 2 nitrogen and oxygen atoms in total. The molecule has 94 valence electrons. The van der Waals surface area contributed by atoms with Gasteiger partial charge in [0.25, 0.3) is 0 Å². The van der Waals surface area contributed by atoms with Crippen LogP contribution in [0.15, 0.2) is 0 Å². The first kappa shape index (κ1) is 12.2. The Hall–Kier alpha value is -0.290. The molecule has 1 aliphatic carbocycles. The summed E-state index contributed by atoms with van der Waals surface area (Å²) in [5.74, 6) is -0.716. The molecule has 0 aromatic carbocycles. The maximum Gasteiger partial charge on any atom is 0.391 e. The van der Waals surface area contributed by atoms with Gasteiger partial charge < -0.3 is 10.1 Å². The number of morpholine rings is 1. The van der Waals surface area contributed by atoms with E-state index in [1.807, 2.05) is 0 Å². The Labute approximate surface area is 93.5 Å². The van der Waals surface area contributed by atoms with Crippen LogP contribution in [0.3, 0.4) is 0 Å². The van der Waals surface area contributed by atoms with Crippen molar-refractivity contribution in [3.63, 3.8) is 0 Å². The monoisotopic (exact) mass is 237 g/mol. The maximum atomic E-state index is 12.5. The van der Waals surface area contributed by atoms with Crippen molar-refractivity contribution in [3.8, 4) is 0 Å². The minimum Gasteiger partial charge on any atom is -0.379 e. The van der Waals surface area contributed by atoms with E-state index in [0.717, 1.165) is 6.54 Å². The normalized spacial score (nSPS) is 37.3. The lowest BCUT2D eigenvalue weighted by molar-refractivity contribution is -0.184. The average molecular weight is 237 g/mol. The fourth-order valence-corrected chi connectivity index (χ4v) is 2.74. The number of alkyl halides is 3. The molecule has 2 aliphatic rings. The summed E-state index contributed by atoms with van der Waals surface area (Å²) in [6.07, 6.45) is -2.09. The molecule has 1 atom stereocenters.